The van der Waals surface area contributed by atoms with Gasteiger partial charge in [-0.3, -0.25) is 9.59 Å². The number of nitrogens with zero attached hydrogens (tertiary/aromatic N) is 1. The fraction of sp³-hybridized carbons (Fsp3) is 0.681. The number of esters is 2. The third kappa shape index (κ3) is 36.2. The highest BCUT2D eigenvalue weighted by atomic mass is 16.6. The molecule has 0 saturated carbocycles. The van der Waals surface area contributed by atoms with E-state index in [2.05, 4.69) is 86.8 Å². The van der Waals surface area contributed by atoms with E-state index in [4.69, 9.17) is 14.2 Å². The van der Waals surface area contributed by atoms with E-state index in [-0.39, 0.29) is 42.7 Å². The molecule has 0 bridgehead atoms. The number of rotatable bonds is 37. The number of carboxylic acids is 1. The number of aliphatic carboxylic acids is 1. The molecular formula is C47H79NO7. The number of allylic oxidation sites excluding steroid dienone is 12. The average Bonchev–Trinajstić information content (AvgIpc) is 3.14. The maximum Gasteiger partial charge on any atom is 0.306 e. The van der Waals surface area contributed by atoms with E-state index < -0.39 is 18.1 Å². The van der Waals surface area contributed by atoms with Crippen LogP contribution in [0, 0.1) is 0 Å². The minimum atomic E-state index is -1.13. The van der Waals surface area contributed by atoms with Crippen LogP contribution in [-0.4, -0.2) is 75.5 Å². The summed E-state index contributed by atoms with van der Waals surface area (Å²) in [6, 6.07) is -0.733. The molecule has 0 spiro atoms. The summed E-state index contributed by atoms with van der Waals surface area (Å²) in [5.74, 6) is -1.80. The van der Waals surface area contributed by atoms with Crippen LogP contribution in [0.15, 0.2) is 72.9 Å². The first kappa shape index (κ1) is 51.8. The lowest BCUT2D eigenvalue weighted by Gasteiger charge is -2.34. The first-order valence-corrected chi connectivity index (χ1v) is 21.5. The van der Waals surface area contributed by atoms with Crippen LogP contribution in [0.5, 0.6) is 0 Å². The van der Waals surface area contributed by atoms with Gasteiger partial charge >= 0.3 is 11.9 Å². The molecule has 55 heavy (non-hydrogen) atoms. The van der Waals surface area contributed by atoms with Gasteiger partial charge in [0.1, 0.15) is 12.6 Å². The summed E-state index contributed by atoms with van der Waals surface area (Å²) >= 11 is 0. The van der Waals surface area contributed by atoms with Gasteiger partial charge in [0, 0.05) is 19.3 Å². The van der Waals surface area contributed by atoms with E-state index in [0.29, 0.717) is 19.3 Å². The van der Waals surface area contributed by atoms with Crippen molar-refractivity contribution in [2.75, 3.05) is 41.0 Å². The van der Waals surface area contributed by atoms with Gasteiger partial charge in [-0.2, -0.15) is 0 Å². The van der Waals surface area contributed by atoms with Crippen LogP contribution in [0.4, 0.5) is 0 Å². The van der Waals surface area contributed by atoms with E-state index in [1.165, 1.54) is 44.9 Å². The number of carbonyl (C=O) groups excluding carboxylic acids is 3. The van der Waals surface area contributed by atoms with E-state index in [9.17, 15) is 19.5 Å². The largest absolute Gasteiger partial charge is 0.544 e. The van der Waals surface area contributed by atoms with Crippen LogP contribution < -0.4 is 5.11 Å². The second kappa shape index (κ2) is 37.7. The molecule has 8 nitrogen and oxygen atoms in total. The van der Waals surface area contributed by atoms with E-state index >= 15 is 0 Å². The fourth-order valence-corrected chi connectivity index (χ4v) is 5.78. The molecule has 0 aliphatic rings. The van der Waals surface area contributed by atoms with Gasteiger partial charge in [0.05, 0.1) is 40.3 Å². The standard InChI is InChI=1S/C47H79NO7/c1-6-8-10-12-14-16-18-19-20-21-22-23-24-25-26-27-28-30-31-33-35-37-45(49)54-42-43(41-53-40-39-44(47(51)52)48(3,4)5)55-46(50)38-36-34-32-29-17-15-13-11-9-7-2/h8,10,14,16,19-20,22-23,25-26,28,30,43-44H,6-7,9,11-13,15,17-18,21,24,27,29,31-42H2,1-5H3/b10-8+,16-14+,20-19+,23-22+,26-25+,30-28+. The number of quaternary nitrogens is 1. The summed E-state index contributed by atoms with van der Waals surface area (Å²) in [4.78, 5) is 36.7. The Kier molecular flexibility index (Phi) is 35.5. The molecule has 0 rings (SSSR count). The molecule has 8 heteroatoms. The van der Waals surface area contributed by atoms with Gasteiger partial charge < -0.3 is 28.6 Å². The third-order valence-corrected chi connectivity index (χ3v) is 9.11. The minimum Gasteiger partial charge on any atom is -0.544 e. The third-order valence-electron chi connectivity index (χ3n) is 9.11. The zero-order valence-electron chi connectivity index (χ0n) is 35.6. The van der Waals surface area contributed by atoms with Crippen molar-refractivity contribution in [3.63, 3.8) is 0 Å². The van der Waals surface area contributed by atoms with Crippen molar-refractivity contribution in [1.82, 2.24) is 0 Å². The molecule has 0 aliphatic carbocycles. The quantitative estimate of drug-likeness (QED) is 0.0268. The van der Waals surface area contributed by atoms with Crippen molar-refractivity contribution in [3.05, 3.63) is 72.9 Å². The van der Waals surface area contributed by atoms with Crippen LogP contribution in [0.3, 0.4) is 0 Å². The van der Waals surface area contributed by atoms with Gasteiger partial charge in [0.15, 0.2) is 6.10 Å². The Balaban J connectivity index is 4.40. The van der Waals surface area contributed by atoms with E-state index in [0.717, 1.165) is 70.6 Å². The smallest absolute Gasteiger partial charge is 0.306 e. The van der Waals surface area contributed by atoms with Crippen molar-refractivity contribution >= 4 is 17.9 Å². The van der Waals surface area contributed by atoms with Gasteiger partial charge in [0.2, 0.25) is 0 Å². The lowest BCUT2D eigenvalue weighted by Crippen LogP contribution is -2.55. The van der Waals surface area contributed by atoms with Crippen LogP contribution in [0.25, 0.3) is 0 Å². The zero-order valence-corrected chi connectivity index (χ0v) is 35.6. The molecule has 0 heterocycles. The van der Waals surface area contributed by atoms with Crippen LogP contribution in [0.1, 0.15) is 155 Å². The zero-order chi connectivity index (χ0) is 40.7. The Morgan fingerprint density at radius 1 is 0.564 bits per heavy atom. The van der Waals surface area contributed by atoms with Crippen molar-refractivity contribution in [1.29, 1.82) is 0 Å². The molecule has 0 aromatic heterocycles. The number of likely N-dealkylation sites (N-methyl/N-ethyl adjacent to an activating group) is 1. The molecule has 0 saturated heterocycles. The second-order valence-corrected chi connectivity index (χ2v) is 15.2. The molecule has 0 radical (unpaired) electrons. The average molecular weight is 770 g/mol. The van der Waals surface area contributed by atoms with Crippen LogP contribution in [-0.2, 0) is 28.6 Å². The normalized spacial score (nSPS) is 13.7. The number of hydrogen-bond donors (Lipinski definition) is 0. The molecule has 0 aliphatic heterocycles. The summed E-state index contributed by atoms with van der Waals surface area (Å²) in [5.41, 5.74) is 0. The highest BCUT2D eigenvalue weighted by Gasteiger charge is 2.25. The van der Waals surface area contributed by atoms with Crippen molar-refractivity contribution < 1.29 is 38.2 Å². The van der Waals surface area contributed by atoms with Gasteiger partial charge in [0.25, 0.3) is 0 Å². The van der Waals surface area contributed by atoms with Crippen LogP contribution >= 0.6 is 0 Å². The van der Waals surface area contributed by atoms with Crippen molar-refractivity contribution in [2.24, 2.45) is 0 Å². The lowest BCUT2D eigenvalue weighted by atomic mass is 10.1. The van der Waals surface area contributed by atoms with Crippen molar-refractivity contribution in [2.45, 2.75) is 167 Å². The highest BCUT2D eigenvalue weighted by molar-refractivity contribution is 5.70. The number of carboxylic acid groups (broad SMARTS) is 1. The van der Waals surface area contributed by atoms with E-state index in [1.807, 2.05) is 0 Å². The molecule has 0 amide bonds. The Labute approximate surface area is 336 Å². The minimum absolute atomic E-state index is 0.0244. The fourth-order valence-electron chi connectivity index (χ4n) is 5.78. The first-order valence-electron chi connectivity index (χ1n) is 21.5. The monoisotopic (exact) mass is 770 g/mol. The highest BCUT2D eigenvalue weighted by Crippen LogP contribution is 2.13. The molecule has 0 aromatic rings. The first-order chi connectivity index (χ1) is 26.6. The molecule has 2 unspecified atom stereocenters. The summed E-state index contributed by atoms with van der Waals surface area (Å²) in [5, 5.41) is 11.6. The topological polar surface area (TPSA) is 102 Å². The maximum atomic E-state index is 12.6. The molecule has 0 aromatic carbocycles. The van der Waals surface area contributed by atoms with Gasteiger partial charge in [-0.05, 0) is 64.2 Å². The Hall–Kier alpha value is -3.23. The number of ether oxygens (including phenoxy) is 3. The Morgan fingerprint density at radius 3 is 1.51 bits per heavy atom. The summed E-state index contributed by atoms with van der Waals surface area (Å²) < 4.78 is 17.1. The lowest BCUT2D eigenvalue weighted by molar-refractivity contribution is -0.889. The van der Waals surface area contributed by atoms with Crippen molar-refractivity contribution in [3.8, 4) is 0 Å². The number of hydrogen-bond acceptors (Lipinski definition) is 7. The summed E-state index contributed by atoms with van der Waals surface area (Å²) in [6.45, 7) is 4.47. The van der Waals surface area contributed by atoms with Crippen LogP contribution in [0.2, 0.25) is 0 Å². The Bertz CT molecular complexity index is 1130. The maximum absolute atomic E-state index is 12.6. The van der Waals surface area contributed by atoms with E-state index in [1.54, 1.807) is 21.1 Å². The number of carbonyl (C=O) groups is 3. The Morgan fingerprint density at radius 2 is 1.02 bits per heavy atom. The summed E-state index contributed by atoms with van der Waals surface area (Å²) in [6.07, 6.45) is 46.5. The second-order valence-electron chi connectivity index (χ2n) is 15.2. The predicted octanol–water partition coefficient (Wildman–Crippen LogP) is 10.2. The predicted molar refractivity (Wildman–Crippen MR) is 226 cm³/mol. The molecular weight excluding hydrogens is 691 g/mol. The SMILES string of the molecule is CC/C=C/C/C=C/C/C=C/C/C=C/C/C=C/C/C=C/CCCCC(=O)OCC(COCCC(C(=O)[O-])[N+](C)(C)C)OC(=O)CCCCCCCCCCCC. The number of unbranched alkanes of at least 4 members (excludes halogenated alkanes) is 11. The molecule has 0 fully saturated rings. The molecule has 314 valence electrons. The molecule has 2 atom stereocenters. The van der Waals surface area contributed by atoms with Gasteiger partial charge in [-0.1, -0.05) is 145 Å². The summed E-state index contributed by atoms with van der Waals surface area (Å²) in [7, 11) is 5.38. The molecule has 0 N–H and O–H groups in total. The van der Waals surface area contributed by atoms with Gasteiger partial charge in [-0.15, -0.1) is 0 Å². The van der Waals surface area contributed by atoms with Gasteiger partial charge in [-0.25, -0.2) is 0 Å².